The summed E-state index contributed by atoms with van der Waals surface area (Å²) < 4.78 is 0. The minimum Gasteiger partial charge on any atom is -0.362 e. The average molecular weight is 125 g/mol. The zero-order valence-corrected chi connectivity index (χ0v) is 5.18. The smallest absolute Gasteiger partial charge is 0.113 e. The first-order valence-electron chi connectivity index (χ1n) is 2.33. The minimum absolute atomic E-state index is 0.349. The zero-order chi connectivity index (χ0) is 5.82. The summed E-state index contributed by atoms with van der Waals surface area (Å²) in [5.41, 5.74) is 0. The third-order valence-corrected chi connectivity index (χ3v) is 1.40. The predicted octanol–water partition coefficient (Wildman–Crippen LogP) is 1.17. The topological polar surface area (TPSA) is 20.2 Å². The van der Waals surface area contributed by atoms with Crippen molar-refractivity contribution >= 4 is 14.1 Å². The summed E-state index contributed by atoms with van der Waals surface area (Å²) >= 11 is 0. The lowest BCUT2D eigenvalue weighted by atomic mass is 10.4. The SMILES string of the molecule is O[P]c1ccccc1. The van der Waals surface area contributed by atoms with Gasteiger partial charge in [-0.3, -0.25) is 0 Å². The third kappa shape index (κ3) is 1.29. The Labute approximate surface area is 50.2 Å². The molecule has 0 bridgehead atoms. The molecule has 0 unspecified atom stereocenters. The fraction of sp³-hybridized carbons (Fsp3) is 0. The summed E-state index contributed by atoms with van der Waals surface area (Å²) in [5.74, 6) is 0. The molecule has 2 heteroatoms. The van der Waals surface area contributed by atoms with E-state index in [1.807, 2.05) is 30.3 Å². The van der Waals surface area contributed by atoms with Crippen LogP contribution in [0.3, 0.4) is 0 Å². The van der Waals surface area contributed by atoms with Crippen molar-refractivity contribution in [2.75, 3.05) is 0 Å². The maximum atomic E-state index is 8.51. The van der Waals surface area contributed by atoms with Gasteiger partial charge in [-0.1, -0.05) is 30.3 Å². The second kappa shape index (κ2) is 2.81. The second-order valence-electron chi connectivity index (χ2n) is 1.44. The highest BCUT2D eigenvalue weighted by molar-refractivity contribution is 7.40. The first-order valence-corrected chi connectivity index (χ1v) is 3.18. The molecule has 0 heterocycles. The molecule has 1 aromatic rings. The van der Waals surface area contributed by atoms with Crippen LogP contribution < -0.4 is 5.30 Å². The summed E-state index contributed by atoms with van der Waals surface area (Å²) in [4.78, 5) is 8.51. The van der Waals surface area contributed by atoms with Crippen LogP contribution in [0.5, 0.6) is 0 Å². The summed E-state index contributed by atoms with van der Waals surface area (Å²) in [7, 11) is 0.349. The van der Waals surface area contributed by atoms with Crippen LogP contribution in [0.1, 0.15) is 0 Å². The molecule has 8 heavy (non-hydrogen) atoms. The first kappa shape index (κ1) is 5.74. The van der Waals surface area contributed by atoms with Crippen LogP contribution in [0.15, 0.2) is 30.3 Å². The summed E-state index contributed by atoms with van der Waals surface area (Å²) in [6.45, 7) is 0. The Balaban J connectivity index is 2.83. The molecule has 0 saturated heterocycles. The van der Waals surface area contributed by atoms with Crippen LogP contribution in [0.4, 0.5) is 0 Å². The highest BCUT2D eigenvalue weighted by atomic mass is 31.1. The largest absolute Gasteiger partial charge is 0.362 e. The molecule has 1 rings (SSSR count). The molecule has 1 radical (unpaired) electrons. The van der Waals surface area contributed by atoms with Gasteiger partial charge in [-0.25, -0.2) is 0 Å². The van der Waals surface area contributed by atoms with Crippen molar-refractivity contribution in [3.63, 3.8) is 0 Å². The molecule has 0 aliphatic carbocycles. The summed E-state index contributed by atoms with van der Waals surface area (Å²) in [5, 5.41) is 0.938. The Morgan fingerprint density at radius 2 is 1.75 bits per heavy atom. The third-order valence-electron chi connectivity index (χ3n) is 0.872. The van der Waals surface area contributed by atoms with Gasteiger partial charge >= 0.3 is 0 Å². The Bertz CT molecular complexity index is 150. The van der Waals surface area contributed by atoms with Crippen molar-refractivity contribution in [3.05, 3.63) is 30.3 Å². The van der Waals surface area contributed by atoms with E-state index in [1.165, 1.54) is 0 Å². The molecule has 0 spiro atoms. The molecule has 1 N–H and O–H groups in total. The predicted molar refractivity (Wildman–Crippen MR) is 35.2 cm³/mol. The number of hydrogen-bond donors (Lipinski definition) is 1. The van der Waals surface area contributed by atoms with Gasteiger partial charge < -0.3 is 4.89 Å². The van der Waals surface area contributed by atoms with Crippen LogP contribution >= 0.6 is 8.81 Å². The second-order valence-corrected chi connectivity index (χ2v) is 2.15. The van der Waals surface area contributed by atoms with E-state index in [0.717, 1.165) is 5.30 Å². The molecule has 0 aromatic heterocycles. The maximum absolute atomic E-state index is 8.51. The Kier molecular flexibility index (Phi) is 2.01. The van der Waals surface area contributed by atoms with Crippen molar-refractivity contribution < 1.29 is 4.89 Å². The van der Waals surface area contributed by atoms with E-state index >= 15 is 0 Å². The van der Waals surface area contributed by atoms with Gasteiger partial charge in [0.1, 0.15) is 8.81 Å². The van der Waals surface area contributed by atoms with E-state index in [9.17, 15) is 0 Å². The van der Waals surface area contributed by atoms with Crippen LogP contribution in [-0.4, -0.2) is 4.89 Å². The van der Waals surface area contributed by atoms with E-state index in [0.29, 0.717) is 8.81 Å². The van der Waals surface area contributed by atoms with Crippen LogP contribution in [0.25, 0.3) is 0 Å². The van der Waals surface area contributed by atoms with E-state index in [-0.39, 0.29) is 0 Å². The quantitative estimate of drug-likeness (QED) is 0.558. The zero-order valence-electron chi connectivity index (χ0n) is 4.28. The lowest BCUT2D eigenvalue weighted by Crippen LogP contribution is -1.88. The van der Waals surface area contributed by atoms with Gasteiger partial charge in [-0.05, 0) is 0 Å². The monoisotopic (exact) mass is 125 g/mol. The molecule has 0 saturated carbocycles. The van der Waals surface area contributed by atoms with Crippen LogP contribution in [-0.2, 0) is 0 Å². The molecule has 41 valence electrons. The van der Waals surface area contributed by atoms with E-state index < -0.39 is 0 Å². The molecule has 0 aliphatic heterocycles. The van der Waals surface area contributed by atoms with E-state index in [4.69, 9.17) is 4.89 Å². The number of hydrogen-bond acceptors (Lipinski definition) is 1. The van der Waals surface area contributed by atoms with Gasteiger partial charge in [0.2, 0.25) is 0 Å². The van der Waals surface area contributed by atoms with Gasteiger partial charge in [-0.2, -0.15) is 0 Å². The van der Waals surface area contributed by atoms with E-state index in [2.05, 4.69) is 0 Å². The normalized spacial score (nSPS) is 10.6. The maximum Gasteiger partial charge on any atom is 0.113 e. The Morgan fingerprint density at radius 1 is 1.12 bits per heavy atom. The fourth-order valence-corrected chi connectivity index (χ4v) is 0.800. The van der Waals surface area contributed by atoms with Crippen molar-refractivity contribution in [1.82, 2.24) is 0 Å². The van der Waals surface area contributed by atoms with Crippen molar-refractivity contribution in [2.24, 2.45) is 0 Å². The molecule has 0 aliphatic rings. The molecule has 0 fully saturated rings. The van der Waals surface area contributed by atoms with Gasteiger partial charge in [0, 0.05) is 5.30 Å². The average Bonchev–Trinajstić information content (AvgIpc) is 1.90. The van der Waals surface area contributed by atoms with Crippen molar-refractivity contribution in [1.29, 1.82) is 0 Å². The highest BCUT2D eigenvalue weighted by Crippen LogP contribution is 1.99. The molecule has 1 aromatic carbocycles. The van der Waals surface area contributed by atoms with Gasteiger partial charge in [0.15, 0.2) is 0 Å². The lowest BCUT2D eigenvalue weighted by Gasteiger charge is -1.87. The molecular weight excluding hydrogens is 119 g/mol. The summed E-state index contributed by atoms with van der Waals surface area (Å²) in [6, 6.07) is 9.48. The van der Waals surface area contributed by atoms with Gasteiger partial charge in [-0.15, -0.1) is 0 Å². The molecular formula is C6H6OP. The number of rotatable bonds is 1. The molecule has 0 amide bonds. The van der Waals surface area contributed by atoms with Crippen molar-refractivity contribution in [3.8, 4) is 0 Å². The van der Waals surface area contributed by atoms with Gasteiger partial charge in [0.25, 0.3) is 0 Å². The van der Waals surface area contributed by atoms with Gasteiger partial charge in [0.05, 0.1) is 0 Å². The summed E-state index contributed by atoms with van der Waals surface area (Å²) in [6.07, 6.45) is 0. The highest BCUT2D eigenvalue weighted by Gasteiger charge is 1.83. The fourth-order valence-electron chi connectivity index (χ4n) is 0.495. The minimum atomic E-state index is 0.349. The van der Waals surface area contributed by atoms with E-state index in [1.54, 1.807) is 0 Å². The molecule has 1 nitrogen and oxygen atoms in total. The molecule has 0 atom stereocenters. The lowest BCUT2D eigenvalue weighted by molar-refractivity contribution is 0.655. The standard InChI is InChI=1S/C6H6OP/c7-8-6-4-2-1-3-5-6/h1-5,7H. The Morgan fingerprint density at radius 3 is 2.12 bits per heavy atom. The Hall–Kier alpha value is -0.390. The van der Waals surface area contributed by atoms with Crippen LogP contribution in [0.2, 0.25) is 0 Å². The first-order chi connectivity index (χ1) is 3.93. The van der Waals surface area contributed by atoms with Crippen LogP contribution in [0, 0.1) is 0 Å². The van der Waals surface area contributed by atoms with Crippen molar-refractivity contribution in [2.45, 2.75) is 0 Å². The number of benzene rings is 1.